The highest BCUT2D eigenvalue weighted by Gasteiger charge is 2.36. The molecule has 1 amide bonds. The number of carbonyl (C=O) groups excluding carboxylic acids is 1. The highest BCUT2D eigenvalue weighted by Crippen LogP contribution is 2.30. The van der Waals surface area contributed by atoms with Crippen LogP contribution in [0.3, 0.4) is 0 Å². The Kier molecular flexibility index (Phi) is 7.80. The molecule has 0 saturated carbocycles. The third-order valence-electron chi connectivity index (χ3n) is 7.29. The van der Waals surface area contributed by atoms with E-state index in [1.54, 1.807) is 13.0 Å². The number of alkyl halides is 3. The Labute approximate surface area is 244 Å². The first-order valence-electron chi connectivity index (χ1n) is 13.5. The second-order valence-electron chi connectivity index (χ2n) is 10.2. The van der Waals surface area contributed by atoms with Crippen LogP contribution in [0.4, 0.5) is 18.9 Å². The fourth-order valence-corrected chi connectivity index (χ4v) is 5.94. The predicted octanol–water partition coefficient (Wildman–Crippen LogP) is 5.49. The molecule has 1 atom stereocenters. The van der Waals surface area contributed by atoms with Gasteiger partial charge in [-0.25, -0.2) is 10.4 Å². The molecule has 2 aliphatic rings. The van der Waals surface area contributed by atoms with E-state index in [0.717, 1.165) is 17.3 Å². The Bertz CT molecular complexity index is 1570. The summed E-state index contributed by atoms with van der Waals surface area (Å²) in [6.45, 7) is 3.31. The summed E-state index contributed by atoms with van der Waals surface area (Å²) in [6, 6.07) is 15.3. The molecule has 2 aliphatic heterocycles. The number of rotatable bonds is 7. The lowest BCUT2D eigenvalue weighted by Crippen LogP contribution is -2.56. The second kappa shape index (κ2) is 11.7. The Morgan fingerprint density at radius 2 is 1.93 bits per heavy atom. The molecule has 1 saturated heterocycles. The van der Waals surface area contributed by atoms with E-state index in [9.17, 15) is 18.0 Å². The average Bonchev–Trinajstić information content (AvgIpc) is 3.77. The van der Waals surface area contributed by atoms with E-state index in [-0.39, 0.29) is 11.9 Å². The number of pyridine rings is 1. The van der Waals surface area contributed by atoms with Gasteiger partial charge in [0.15, 0.2) is 0 Å². The zero-order chi connectivity index (χ0) is 29.3. The molecule has 0 bridgehead atoms. The Hall–Kier alpha value is -4.07. The van der Waals surface area contributed by atoms with Gasteiger partial charge in [0, 0.05) is 44.4 Å². The summed E-state index contributed by atoms with van der Waals surface area (Å²) in [4.78, 5) is 22.2. The fourth-order valence-electron chi connectivity index (χ4n) is 5.27. The molecule has 6 rings (SSSR count). The van der Waals surface area contributed by atoms with Crippen LogP contribution in [0, 0.1) is 6.92 Å². The van der Waals surface area contributed by atoms with Gasteiger partial charge < -0.3 is 9.32 Å². The maximum atomic E-state index is 13.8. The monoisotopic (exact) mass is 595 g/mol. The first-order valence-corrected chi connectivity index (χ1v) is 14.4. The van der Waals surface area contributed by atoms with E-state index in [1.165, 1.54) is 17.4 Å². The van der Waals surface area contributed by atoms with Gasteiger partial charge in [0.2, 0.25) is 11.8 Å². The fraction of sp³-hybridized carbons (Fsp3) is 0.310. The molecule has 13 heteroatoms. The van der Waals surface area contributed by atoms with Crippen LogP contribution in [0.1, 0.15) is 39.8 Å². The molecule has 0 spiro atoms. The normalized spacial score (nSPS) is 18.1. The summed E-state index contributed by atoms with van der Waals surface area (Å²) in [5.41, 5.74) is 4.55. The second-order valence-corrected chi connectivity index (χ2v) is 11.1. The third-order valence-corrected chi connectivity index (χ3v) is 8.14. The number of aryl methyl sites for hydroxylation is 1. The van der Waals surface area contributed by atoms with Crippen LogP contribution in [-0.2, 0) is 12.7 Å². The predicted molar refractivity (Wildman–Crippen MR) is 151 cm³/mol. The van der Waals surface area contributed by atoms with Gasteiger partial charge in [0.05, 0.1) is 16.3 Å². The van der Waals surface area contributed by atoms with E-state index in [0.29, 0.717) is 54.8 Å². The summed E-state index contributed by atoms with van der Waals surface area (Å²) < 4.78 is 44.9. The van der Waals surface area contributed by atoms with Gasteiger partial charge in [0.25, 0.3) is 5.91 Å². The van der Waals surface area contributed by atoms with Gasteiger partial charge in [-0.05, 0) is 60.7 Å². The summed E-state index contributed by atoms with van der Waals surface area (Å²) in [7, 11) is 0. The van der Waals surface area contributed by atoms with Crippen molar-refractivity contribution < 1.29 is 22.4 Å². The zero-order valence-electron chi connectivity index (χ0n) is 22.7. The van der Waals surface area contributed by atoms with E-state index in [2.05, 4.69) is 25.5 Å². The molecule has 4 aromatic rings. The average molecular weight is 596 g/mol. The van der Waals surface area contributed by atoms with Gasteiger partial charge in [-0.3, -0.25) is 14.7 Å². The maximum Gasteiger partial charge on any atom is 0.433 e. The highest BCUT2D eigenvalue weighted by molar-refractivity contribution is 7.12. The van der Waals surface area contributed by atoms with E-state index < -0.39 is 18.0 Å². The van der Waals surface area contributed by atoms with Crippen molar-refractivity contribution in [1.29, 1.82) is 0 Å². The molecular weight excluding hydrogens is 567 g/mol. The van der Waals surface area contributed by atoms with Crippen molar-refractivity contribution >= 4 is 22.9 Å². The molecule has 1 fully saturated rings. The minimum absolute atomic E-state index is 0.0675. The number of anilines is 1. The molecule has 3 aromatic heterocycles. The molecule has 9 nitrogen and oxygen atoms in total. The van der Waals surface area contributed by atoms with Crippen molar-refractivity contribution in [2.75, 3.05) is 18.1 Å². The molecule has 218 valence electrons. The van der Waals surface area contributed by atoms with Crippen LogP contribution in [0.15, 0.2) is 76.7 Å². The van der Waals surface area contributed by atoms with Crippen LogP contribution < -0.4 is 10.4 Å². The molecular formula is C29H28F3N7O2S. The Morgan fingerprint density at radius 3 is 2.64 bits per heavy atom. The largest absolute Gasteiger partial charge is 0.433 e. The Balaban J connectivity index is 1.15. The number of thiophene rings is 1. The lowest BCUT2D eigenvalue weighted by atomic mass is 10.0. The number of halogens is 3. The van der Waals surface area contributed by atoms with Gasteiger partial charge >= 0.3 is 6.18 Å². The number of piperidine rings is 1. The van der Waals surface area contributed by atoms with E-state index in [1.807, 2.05) is 64.0 Å². The molecule has 1 N–H and O–H groups in total. The lowest BCUT2D eigenvalue weighted by molar-refractivity contribution is -0.141. The van der Waals surface area contributed by atoms with Crippen LogP contribution in [0.2, 0.25) is 0 Å². The molecule has 1 aromatic carbocycles. The van der Waals surface area contributed by atoms with Gasteiger partial charge in [0.1, 0.15) is 11.9 Å². The summed E-state index contributed by atoms with van der Waals surface area (Å²) in [6.07, 6.45) is 0.326. The zero-order valence-corrected chi connectivity index (χ0v) is 23.5. The van der Waals surface area contributed by atoms with E-state index in [4.69, 9.17) is 4.42 Å². The van der Waals surface area contributed by atoms with Gasteiger partial charge in [-0.15, -0.1) is 21.5 Å². The minimum Gasteiger partial charge on any atom is -0.421 e. The summed E-state index contributed by atoms with van der Waals surface area (Å²) in [5.74, 6) is 0.840. The quantitative estimate of drug-likeness (QED) is 0.300. The SMILES string of the molecule is Cc1nnc(-c2cccc(N3C=CC(N(C(=O)c4cccs4)C4CCN(Cc5cccc(C(F)(F)F)n5)CC4)N3)c2)o1. The van der Waals surface area contributed by atoms with Crippen molar-refractivity contribution in [2.45, 2.75) is 44.7 Å². The van der Waals surface area contributed by atoms with Crippen molar-refractivity contribution in [3.05, 3.63) is 94.4 Å². The van der Waals surface area contributed by atoms with Crippen molar-refractivity contribution in [3.8, 4) is 11.5 Å². The van der Waals surface area contributed by atoms with E-state index >= 15 is 0 Å². The van der Waals surface area contributed by atoms with Gasteiger partial charge in [-0.1, -0.05) is 18.2 Å². The number of benzene rings is 1. The topological polar surface area (TPSA) is 90.6 Å². The maximum absolute atomic E-state index is 13.8. The van der Waals surface area contributed by atoms with Crippen LogP contribution >= 0.6 is 11.3 Å². The standard InChI is InChI=1S/C29H28F3N7O2S/c1-19-34-35-27(41-19)20-5-2-7-23(17-20)38-15-12-26(36-38)39(28(40)24-8-4-16-42-24)22-10-13-37(14-11-22)18-21-6-3-9-25(33-21)29(30,31)32/h2-9,12,15-17,22,26,36H,10-11,13-14,18H2,1H3. The van der Waals surface area contributed by atoms with Crippen LogP contribution in [0.25, 0.3) is 11.5 Å². The lowest BCUT2D eigenvalue weighted by Gasteiger charge is -2.41. The number of hydrogen-bond acceptors (Lipinski definition) is 9. The summed E-state index contributed by atoms with van der Waals surface area (Å²) >= 11 is 1.40. The van der Waals surface area contributed by atoms with Crippen molar-refractivity contribution in [3.63, 3.8) is 0 Å². The molecule has 5 heterocycles. The number of aromatic nitrogens is 3. The molecule has 1 unspecified atom stereocenters. The number of carbonyl (C=O) groups is 1. The minimum atomic E-state index is -4.48. The Morgan fingerprint density at radius 1 is 1.12 bits per heavy atom. The number of likely N-dealkylation sites (tertiary alicyclic amines) is 1. The van der Waals surface area contributed by atoms with Crippen molar-refractivity contribution in [1.82, 2.24) is 30.4 Å². The number of nitrogens with zero attached hydrogens (tertiary/aromatic N) is 6. The number of hydrogen-bond donors (Lipinski definition) is 1. The number of amides is 1. The summed E-state index contributed by atoms with van der Waals surface area (Å²) in [5, 5.41) is 11.8. The number of hydrazine groups is 1. The first kappa shape index (κ1) is 28.1. The highest BCUT2D eigenvalue weighted by atomic mass is 32.1. The van der Waals surface area contributed by atoms with Crippen LogP contribution in [0.5, 0.6) is 0 Å². The van der Waals surface area contributed by atoms with Crippen molar-refractivity contribution in [2.24, 2.45) is 0 Å². The molecule has 0 aliphatic carbocycles. The smallest absolute Gasteiger partial charge is 0.421 e. The third kappa shape index (κ3) is 6.08. The molecule has 0 radical (unpaired) electrons. The van der Waals surface area contributed by atoms with Gasteiger partial charge in [-0.2, -0.15) is 13.2 Å². The number of nitrogens with one attached hydrogen (secondary N) is 1. The van der Waals surface area contributed by atoms with Crippen LogP contribution in [-0.4, -0.2) is 56.2 Å². The molecule has 42 heavy (non-hydrogen) atoms. The first-order chi connectivity index (χ1) is 20.2.